The second-order valence-corrected chi connectivity index (χ2v) is 5.61. The topological polar surface area (TPSA) is 56.1 Å². The summed E-state index contributed by atoms with van der Waals surface area (Å²) in [5, 5.41) is 4.10. The number of nitrogens with one attached hydrogen (secondary N) is 1. The first-order chi connectivity index (χ1) is 11.7. The van der Waals surface area contributed by atoms with Gasteiger partial charge in [-0.05, 0) is 37.4 Å². The van der Waals surface area contributed by atoms with Gasteiger partial charge in [0.15, 0.2) is 0 Å². The van der Waals surface area contributed by atoms with E-state index in [1.807, 2.05) is 48.7 Å². The molecule has 1 amide bonds. The number of para-hydroxylation sites is 1. The maximum atomic E-state index is 12.4. The summed E-state index contributed by atoms with van der Waals surface area (Å²) in [5.74, 6) is 0.536. The number of aromatic nitrogens is 2. The van der Waals surface area contributed by atoms with Crippen molar-refractivity contribution in [3.63, 3.8) is 0 Å². The van der Waals surface area contributed by atoms with Crippen LogP contribution in [0.5, 0.6) is 5.88 Å². The summed E-state index contributed by atoms with van der Waals surface area (Å²) in [6, 6.07) is 13.9. The van der Waals surface area contributed by atoms with Crippen LogP contribution in [0.2, 0.25) is 0 Å². The van der Waals surface area contributed by atoms with Gasteiger partial charge in [-0.15, -0.1) is 0 Å². The number of hydrogen-bond acceptors (Lipinski definition) is 3. The van der Waals surface area contributed by atoms with Crippen LogP contribution in [0.4, 0.5) is 0 Å². The van der Waals surface area contributed by atoms with Gasteiger partial charge in [0.1, 0.15) is 6.54 Å². The first-order valence-corrected chi connectivity index (χ1v) is 8.07. The number of fused-ring (bicyclic) bond motifs is 1. The molecule has 0 aliphatic heterocycles. The Morgan fingerprint density at radius 1 is 1.25 bits per heavy atom. The lowest BCUT2D eigenvalue weighted by molar-refractivity contribution is -0.121. The third-order valence-corrected chi connectivity index (χ3v) is 3.93. The molecule has 0 radical (unpaired) electrons. The highest BCUT2D eigenvalue weighted by Crippen LogP contribution is 2.19. The van der Waals surface area contributed by atoms with Crippen molar-refractivity contribution in [2.75, 3.05) is 6.61 Å². The monoisotopic (exact) mass is 323 g/mol. The zero-order chi connectivity index (χ0) is 16.9. The molecule has 5 heteroatoms. The van der Waals surface area contributed by atoms with E-state index in [4.69, 9.17) is 4.74 Å². The minimum absolute atomic E-state index is 0.0363. The molecule has 2 aromatic heterocycles. The summed E-state index contributed by atoms with van der Waals surface area (Å²) in [7, 11) is 0. The molecular weight excluding hydrogens is 302 g/mol. The summed E-state index contributed by atoms with van der Waals surface area (Å²) in [5.41, 5.74) is 3.02. The molecule has 0 spiro atoms. The Balaban J connectivity index is 1.69. The van der Waals surface area contributed by atoms with E-state index < -0.39 is 0 Å². The van der Waals surface area contributed by atoms with E-state index in [1.54, 1.807) is 6.20 Å². The standard InChI is InChI=1S/C19H21N3O2/c1-3-24-19-16(8-6-10-20-19)12-21-18(23)13-22-14(2)11-15-7-4-5-9-17(15)22/h4-11H,3,12-13H2,1-2H3,(H,21,23). The third-order valence-electron chi connectivity index (χ3n) is 3.93. The minimum Gasteiger partial charge on any atom is -0.478 e. The van der Waals surface area contributed by atoms with Crippen LogP contribution in [0.1, 0.15) is 18.2 Å². The van der Waals surface area contributed by atoms with Crippen LogP contribution in [0.3, 0.4) is 0 Å². The van der Waals surface area contributed by atoms with Crippen LogP contribution in [0, 0.1) is 6.92 Å². The fraction of sp³-hybridized carbons (Fsp3) is 0.263. The van der Waals surface area contributed by atoms with E-state index in [2.05, 4.69) is 22.4 Å². The van der Waals surface area contributed by atoms with Crippen LogP contribution in [-0.2, 0) is 17.9 Å². The highest BCUT2D eigenvalue weighted by Gasteiger charge is 2.10. The number of amides is 1. The van der Waals surface area contributed by atoms with Crippen LogP contribution < -0.4 is 10.1 Å². The number of benzene rings is 1. The molecule has 0 aliphatic rings. The molecule has 124 valence electrons. The highest BCUT2D eigenvalue weighted by atomic mass is 16.5. The van der Waals surface area contributed by atoms with Crippen LogP contribution >= 0.6 is 0 Å². The van der Waals surface area contributed by atoms with Gasteiger partial charge in [-0.1, -0.05) is 24.3 Å². The number of carbonyl (C=O) groups is 1. The Hall–Kier alpha value is -2.82. The molecule has 2 heterocycles. The largest absolute Gasteiger partial charge is 0.478 e. The van der Waals surface area contributed by atoms with Crippen molar-refractivity contribution in [1.82, 2.24) is 14.9 Å². The summed E-state index contributed by atoms with van der Waals surface area (Å²) in [6.45, 7) is 5.18. The third kappa shape index (κ3) is 3.40. The van der Waals surface area contributed by atoms with Crippen molar-refractivity contribution in [1.29, 1.82) is 0 Å². The van der Waals surface area contributed by atoms with Gasteiger partial charge in [0.25, 0.3) is 0 Å². The van der Waals surface area contributed by atoms with E-state index in [0.717, 1.165) is 22.2 Å². The number of hydrogen-bond donors (Lipinski definition) is 1. The molecule has 0 saturated heterocycles. The molecular formula is C19H21N3O2. The smallest absolute Gasteiger partial charge is 0.240 e. The predicted molar refractivity (Wildman–Crippen MR) is 93.9 cm³/mol. The molecule has 0 bridgehead atoms. The second kappa shape index (κ2) is 7.17. The highest BCUT2D eigenvalue weighted by molar-refractivity contribution is 5.84. The van der Waals surface area contributed by atoms with Crippen molar-refractivity contribution in [2.45, 2.75) is 26.9 Å². The lowest BCUT2D eigenvalue weighted by Crippen LogP contribution is -2.27. The molecule has 24 heavy (non-hydrogen) atoms. The molecule has 3 rings (SSSR count). The molecule has 0 saturated carbocycles. The van der Waals surface area contributed by atoms with Gasteiger partial charge >= 0.3 is 0 Å². The first kappa shape index (κ1) is 16.1. The number of ether oxygens (including phenoxy) is 1. The molecule has 3 aromatic rings. The van der Waals surface area contributed by atoms with Crippen molar-refractivity contribution < 1.29 is 9.53 Å². The van der Waals surface area contributed by atoms with E-state index >= 15 is 0 Å². The van der Waals surface area contributed by atoms with Crippen LogP contribution in [-0.4, -0.2) is 22.1 Å². The van der Waals surface area contributed by atoms with Gasteiger partial charge in [0.05, 0.1) is 6.61 Å². The van der Waals surface area contributed by atoms with E-state index in [9.17, 15) is 4.79 Å². The zero-order valence-corrected chi connectivity index (χ0v) is 14.0. The zero-order valence-electron chi connectivity index (χ0n) is 14.0. The Kier molecular flexibility index (Phi) is 4.79. The van der Waals surface area contributed by atoms with Gasteiger partial charge in [0, 0.05) is 29.5 Å². The molecule has 5 nitrogen and oxygen atoms in total. The van der Waals surface area contributed by atoms with Crippen molar-refractivity contribution in [3.8, 4) is 5.88 Å². The molecule has 1 aromatic carbocycles. The maximum absolute atomic E-state index is 12.4. The summed E-state index contributed by atoms with van der Waals surface area (Å²) in [4.78, 5) is 16.6. The predicted octanol–water partition coefficient (Wildman–Crippen LogP) is 3.06. The van der Waals surface area contributed by atoms with E-state index in [1.165, 1.54) is 0 Å². The average Bonchev–Trinajstić information content (AvgIpc) is 2.90. The summed E-state index contributed by atoms with van der Waals surface area (Å²) < 4.78 is 7.51. The quantitative estimate of drug-likeness (QED) is 0.758. The lowest BCUT2D eigenvalue weighted by atomic mass is 10.2. The van der Waals surface area contributed by atoms with E-state index in [0.29, 0.717) is 25.6 Å². The number of nitrogens with zero attached hydrogens (tertiary/aromatic N) is 2. The minimum atomic E-state index is -0.0363. The average molecular weight is 323 g/mol. The Bertz CT molecular complexity index is 855. The van der Waals surface area contributed by atoms with Gasteiger partial charge < -0.3 is 14.6 Å². The Labute approximate surface area is 141 Å². The molecule has 0 unspecified atom stereocenters. The lowest BCUT2D eigenvalue weighted by Gasteiger charge is -2.11. The Morgan fingerprint density at radius 2 is 2.08 bits per heavy atom. The number of pyridine rings is 1. The second-order valence-electron chi connectivity index (χ2n) is 5.61. The van der Waals surface area contributed by atoms with Gasteiger partial charge in [0.2, 0.25) is 11.8 Å². The van der Waals surface area contributed by atoms with Crippen molar-refractivity contribution in [2.24, 2.45) is 0 Å². The van der Waals surface area contributed by atoms with Crippen LogP contribution in [0.15, 0.2) is 48.7 Å². The molecule has 1 N–H and O–H groups in total. The fourth-order valence-corrected chi connectivity index (χ4v) is 2.78. The molecule has 0 fully saturated rings. The fourth-order valence-electron chi connectivity index (χ4n) is 2.78. The SMILES string of the molecule is CCOc1ncccc1CNC(=O)Cn1c(C)cc2ccccc21. The Morgan fingerprint density at radius 3 is 2.92 bits per heavy atom. The summed E-state index contributed by atoms with van der Waals surface area (Å²) >= 11 is 0. The van der Waals surface area contributed by atoms with E-state index in [-0.39, 0.29) is 5.91 Å². The molecule has 0 aliphatic carbocycles. The van der Waals surface area contributed by atoms with Crippen molar-refractivity contribution >= 4 is 16.8 Å². The normalized spacial score (nSPS) is 10.8. The summed E-state index contributed by atoms with van der Waals surface area (Å²) in [6.07, 6.45) is 1.69. The number of aryl methyl sites for hydroxylation is 1. The van der Waals surface area contributed by atoms with Crippen molar-refractivity contribution in [3.05, 3.63) is 59.9 Å². The van der Waals surface area contributed by atoms with Gasteiger partial charge in [-0.2, -0.15) is 0 Å². The van der Waals surface area contributed by atoms with Gasteiger partial charge in [-0.25, -0.2) is 4.98 Å². The first-order valence-electron chi connectivity index (χ1n) is 8.07. The number of carbonyl (C=O) groups excluding carboxylic acids is 1. The molecule has 0 atom stereocenters. The van der Waals surface area contributed by atoms with Gasteiger partial charge in [-0.3, -0.25) is 4.79 Å². The van der Waals surface area contributed by atoms with Crippen LogP contribution in [0.25, 0.3) is 10.9 Å². The maximum Gasteiger partial charge on any atom is 0.240 e. The number of rotatable bonds is 6.